The predicted molar refractivity (Wildman–Crippen MR) is 243 cm³/mol. The van der Waals surface area contributed by atoms with Gasteiger partial charge in [-0.25, -0.2) is 0 Å². The minimum absolute atomic E-state index is 0. The van der Waals surface area contributed by atoms with E-state index in [2.05, 4.69) is 189 Å². The van der Waals surface area contributed by atoms with Crippen molar-refractivity contribution < 1.29 is 0 Å². The summed E-state index contributed by atoms with van der Waals surface area (Å²) in [7, 11) is 0. The standard InChI is InChI=1S/C8H10.C7H8.4C5H12.2C4H10.C3H8.C2H6.CH4/c1-7-3-5-8(2)6-4-7;1-7-5-3-2-4-6-7;1-5(2,3)4;2*1-4-5(2)3;1-3-5-4-2;1-4(2)3;1-3-4-2;1-3-2;1-2;/h3-6H,1-2H3;2-6H,1H3;1-4H3;2*5H,4H2,1-3H3;3-5H2,1-2H3;4H,1-3H3;3-4H2,1-2H3;3H2,1-2H3;1-2H3;1H4. The van der Waals surface area contributed by atoms with Gasteiger partial charge in [-0.05, 0) is 43.9 Å². The van der Waals surface area contributed by atoms with Crippen LogP contribution in [0.3, 0.4) is 0 Å². The van der Waals surface area contributed by atoms with E-state index in [0.717, 1.165) is 17.8 Å². The molecule has 0 amide bonds. The summed E-state index contributed by atoms with van der Waals surface area (Å²) in [5.74, 6) is 2.60. The summed E-state index contributed by atoms with van der Waals surface area (Å²) >= 11 is 0. The van der Waals surface area contributed by atoms with E-state index < -0.39 is 0 Å². The fraction of sp³-hybridized carbons (Fsp3) is 0.755. The molecule has 0 aliphatic heterocycles. The Bertz CT molecular complexity index is 641. The van der Waals surface area contributed by atoms with Gasteiger partial charge in [0.05, 0.1) is 0 Å². The Morgan fingerprint density at radius 1 is 0.449 bits per heavy atom. The summed E-state index contributed by atoms with van der Waals surface area (Å²) in [4.78, 5) is 0. The lowest BCUT2D eigenvalue weighted by molar-refractivity contribution is 0.469. The van der Waals surface area contributed by atoms with Crippen LogP contribution in [0.2, 0.25) is 0 Å². The molecule has 0 atom stereocenters. The summed E-state index contributed by atoms with van der Waals surface area (Å²) in [5.41, 5.74) is 4.48. The summed E-state index contributed by atoms with van der Waals surface area (Å²) in [6.07, 6.45) is 10.6. The molecule has 0 aliphatic rings. The Kier molecular flexibility index (Phi) is 87.1. The Labute approximate surface area is 318 Å². The van der Waals surface area contributed by atoms with Crippen molar-refractivity contribution in [3.8, 4) is 0 Å². The van der Waals surface area contributed by atoms with Crippen molar-refractivity contribution in [3.05, 3.63) is 71.3 Å². The molecular formula is C49H104. The van der Waals surface area contributed by atoms with E-state index in [0.29, 0.717) is 5.41 Å². The molecule has 49 heavy (non-hydrogen) atoms. The van der Waals surface area contributed by atoms with Crippen LogP contribution < -0.4 is 0 Å². The molecule has 2 aromatic rings. The molecule has 2 aromatic carbocycles. The fourth-order valence-electron chi connectivity index (χ4n) is 1.52. The minimum atomic E-state index is 0. The third-order valence-corrected chi connectivity index (χ3v) is 5.00. The maximum absolute atomic E-state index is 2.22. The quantitative estimate of drug-likeness (QED) is 0.293. The van der Waals surface area contributed by atoms with E-state index >= 15 is 0 Å². The number of benzene rings is 2. The third kappa shape index (κ3) is 167. The van der Waals surface area contributed by atoms with Crippen LogP contribution in [0.4, 0.5) is 0 Å². The molecule has 0 bridgehead atoms. The summed E-state index contributed by atoms with van der Waals surface area (Å²) in [6, 6.07) is 18.7. The van der Waals surface area contributed by atoms with Gasteiger partial charge in [-0.15, -0.1) is 0 Å². The van der Waals surface area contributed by atoms with Crippen LogP contribution in [0, 0.1) is 43.9 Å². The molecule has 0 saturated carbocycles. The predicted octanol–water partition coefficient (Wildman–Crippen LogP) is 19.2. The molecule has 0 unspecified atom stereocenters. The van der Waals surface area contributed by atoms with Gasteiger partial charge >= 0.3 is 0 Å². The van der Waals surface area contributed by atoms with Gasteiger partial charge in [0, 0.05) is 0 Å². The largest absolute Gasteiger partial charge is 0.0776 e. The molecule has 0 spiro atoms. The molecule has 0 fully saturated rings. The fourth-order valence-corrected chi connectivity index (χ4v) is 1.52. The molecular weight excluding hydrogens is 589 g/mol. The molecule has 0 saturated heterocycles. The molecule has 0 N–H and O–H groups in total. The van der Waals surface area contributed by atoms with Gasteiger partial charge in [-0.2, -0.15) is 0 Å². The first-order chi connectivity index (χ1) is 22.2. The zero-order valence-electron chi connectivity index (χ0n) is 38.6. The lowest BCUT2D eigenvalue weighted by atomic mass is 10.0. The number of unbranched alkanes of at least 4 members (excludes halogenated alkanes) is 3. The topological polar surface area (TPSA) is 0 Å². The first-order valence-electron chi connectivity index (χ1n) is 20.2. The molecule has 2 rings (SSSR count). The highest BCUT2D eigenvalue weighted by atomic mass is 14.0. The van der Waals surface area contributed by atoms with Crippen molar-refractivity contribution in [2.24, 2.45) is 23.2 Å². The van der Waals surface area contributed by atoms with Crippen LogP contribution in [0.15, 0.2) is 54.6 Å². The van der Waals surface area contributed by atoms with Crippen molar-refractivity contribution in [3.63, 3.8) is 0 Å². The van der Waals surface area contributed by atoms with Gasteiger partial charge in [-0.3, -0.25) is 0 Å². The second-order valence-corrected chi connectivity index (χ2v) is 15.2. The van der Waals surface area contributed by atoms with Gasteiger partial charge in [0.2, 0.25) is 0 Å². The highest BCUT2D eigenvalue weighted by molar-refractivity contribution is 5.19. The Morgan fingerprint density at radius 3 is 0.714 bits per heavy atom. The summed E-state index contributed by atoms with van der Waals surface area (Å²) in [5, 5.41) is 0. The van der Waals surface area contributed by atoms with Gasteiger partial charge < -0.3 is 0 Å². The molecule has 0 radical (unpaired) electrons. The molecule has 0 nitrogen and oxygen atoms in total. The van der Waals surface area contributed by atoms with E-state index in [1.165, 1.54) is 68.1 Å². The van der Waals surface area contributed by atoms with E-state index in [4.69, 9.17) is 0 Å². The summed E-state index contributed by atoms with van der Waals surface area (Å²) in [6.45, 7) is 51.8. The van der Waals surface area contributed by atoms with Gasteiger partial charge in [0.25, 0.3) is 0 Å². The van der Waals surface area contributed by atoms with Crippen LogP contribution in [-0.4, -0.2) is 0 Å². The molecule has 0 aromatic heterocycles. The first-order valence-corrected chi connectivity index (χ1v) is 20.2. The lowest BCUT2D eigenvalue weighted by Crippen LogP contribution is -1.93. The van der Waals surface area contributed by atoms with Crippen LogP contribution >= 0.6 is 0 Å². The Morgan fingerprint density at radius 2 is 0.633 bits per heavy atom. The van der Waals surface area contributed by atoms with Gasteiger partial charge in [0.1, 0.15) is 0 Å². The second kappa shape index (κ2) is 61.6. The number of hydrogen-bond donors (Lipinski definition) is 0. The molecule has 0 heterocycles. The van der Waals surface area contributed by atoms with Crippen molar-refractivity contribution in [2.75, 3.05) is 0 Å². The number of rotatable bonds is 5. The van der Waals surface area contributed by atoms with Crippen LogP contribution in [0.25, 0.3) is 0 Å². The van der Waals surface area contributed by atoms with Crippen LogP contribution in [-0.2, 0) is 0 Å². The molecule has 0 heteroatoms. The van der Waals surface area contributed by atoms with Crippen molar-refractivity contribution in [1.82, 2.24) is 0 Å². The van der Waals surface area contributed by atoms with Crippen molar-refractivity contribution >= 4 is 0 Å². The number of hydrogen-bond acceptors (Lipinski definition) is 0. The average molecular weight is 693 g/mol. The maximum Gasteiger partial charge on any atom is -0.0398 e. The van der Waals surface area contributed by atoms with Crippen molar-refractivity contribution in [2.45, 2.75) is 225 Å². The van der Waals surface area contributed by atoms with Crippen LogP contribution in [0.1, 0.15) is 221 Å². The third-order valence-electron chi connectivity index (χ3n) is 5.00. The average Bonchev–Trinajstić information content (AvgIpc) is 3.01. The SMILES string of the molecule is C.CC.CC(C)(C)C.CC(C)C.CCC.CCC(C)C.CCC(C)C.CCCC.CCCCC.Cc1ccc(C)cc1.Cc1ccccc1. The van der Waals surface area contributed by atoms with Crippen LogP contribution in [0.5, 0.6) is 0 Å². The Hall–Kier alpha value is -1.56. The smallest absolute Gasteiger partial charge is 0.0398 e. The van der Waals surface area contributed by atoms with E-state index in [1.807, 2.05) is 32.0 Å². The highest BCUT2D eigenvalue weighted by Gasteiger charge is 1.95. The zero-order chi connectivity index (χ0) is 40.0. The molecule has 300 valence electrons. The summed E-state index contributed by atoms with van der Waals surface area (Å²) < 4.78 is 0. The second-order valence-electron chi connectivity index (χ2n) is 15.2. The number of aryl methyl sites for hydroxylation is 3. The Balaban J connectivity index is -0.0000000528. The first kappa shape index (κ1) is 69.2. The van der Waals surface area contributed by atoms with E-state index in [-0.39, 0.29) is 7.43 Å². The molecule has 0 aliphatic carbocycles. The maximum atomic E-state index is 2.22. The van der Waals surface area contributed by atoms with E-state index in [9.17, 15) is 0 Å². The van der Waals surface area contributed by atoms with E-state index in [1.54, 1.807) is 0 Å². The van der Waals surface area contributed by atoms with Crippen molar-refractivity contribution in [1.29, 1.82) is 0 Å². The lowest BCUT2D eigenvalue weighted by Gasteiger charge is -2.05. The highest BCUT2D eigenvalue weighted by Crippen LogP contribution is 2.08. The minimum Gasteiger partial charge on any atom is -0.0776 e. The zero-order valence-corrected chi connectivity index (χ0v) is 38.6. The normalized spacial score (nSPS) is 8.63. The monoisotopic (exact) mass is 693 g/mol. The van der Waals surface area contributed by atoms with Gasteiger partial charge in [0.15, 0.2) is 0 Å². The van der Waals surface area contributed by atoms with Gasteiger partial charge in [-0.1, -0.05) is 275 Å².